The molecule has 2 N–H and O–H groups in total. The van der Waals surface area contributed by atoms with Crippen LogP contribution in [0.15, 0.2) is 17.8 Å². The molecule has 1 unspecified atom stereocenters. The average Bonchev–Trinajstić information content (AvgIpc) is 3.22. The molecule has 0 aromatic carbocycles. The SMILES string of the molecule is CC1CCN(CCNC(=O)c2ncnc3ccsc23)C1.O=C(O)C(F)(F)F. The minimum absolute atomic E-state index is 0.105. The Morgan fingerprint density at radius 3 is 2.70 bits per heavy atom. The fraction of sp³-hybridized carbons (Fsp3) is 0.500. The van der Waals surface area contributed by atoms with Gasteiger partial charge in [-0.25, -0.2) is 14.8 Å². The minimum atomic E-state index is -5.08. The lowest BCUT2D eigenvalue weighted by molar-refractivity contribution is -0.192. The van der Waals surface area contributed by atoms with Gasteiger partial charge in [-0.2, -0.15) is 13.2 Å². The number of carboxylic acids is 1. The predicted octanol–water partition coefficient (Wildman–Crippen LogP) is 2.40. The molecule has 148 valence electrons. The number of carbonyl (C=O) groups excluding carboxylic acids is 1. The second-order valence-corrected chi connectivity index (χ2v) is 7.03. The monoisotopic (exact) mass is 404 g/mol. The molecule has 1 fully saturated rings. The number of thiophene rings is 1. The summed E-state index contributed by atoms with van der Waals surface area (Å²) < 4.78 is 32.6. The van der Waals surface area contributed by atoms with E-state index in [0.29, 0.717) is 12.2 Å². The Kier molecular flexibility index (Phi) is 7.08. The van der Waals surface area contributed by atoms with Gasteiger partial charge in [0.1, 0.15) is 12.0 Å². The maximum absolute atomic E-state index is 12.2. The van der Waals surface area contributed by atoms with E-state index in [9.17, 15) is 18.0 Å². The molecule has 2 aromatic heterocycles. The lowest BCUT2D eigenvalue weighted by atomic mass is 10.2. The third-order valence-corrected chi connectivity index (χ3v) is 4.83. The van der Waals surface area contributed by atoms with Gasteiger partial charge in [-0.1, -0.05) is 6.92 Å². The molecule has 11 heteroatoms. The molecule has 0 bridgehead atoms. The fourth-order valence-electron chi connectivity index (χ4n) is 2.59. The van der Waals surface area contributed by atoms with Gasteiger partial charge >= 0.3 is 12.1 Å². The second-order valence-electron chi connectivity index (χ2n) is 6.11. The van der Waals surface area contributed by atoms with Gasteiger partial charge < -0.3 is 15.3 Å². The molecule has 7 nitrogen and oxygen atoms in total. The van der Waals surface area contributed by atoms with E-state index >= 15 is 0 Å². The van der Waals surface area contributed by atoms with E-state index in [1.807, 2.05) is 11.4 Å². The van der Waals surface area contributed by atoms with E-state index in [4.69, 9.17) is 9.90 Å². The third kappa shape index (κ3) is 6.14. The molecule has 1 amide bonds. The molecule has 3 heterocycles. The Morgan fingerprint density at radius 2 is 2.11 bits per heavy atom. The highest BCUT2D eigenvalue weighted by molar-refractivity contribution is 7.17. The summed E-state index contributed by atoms with van der Waals surface area (Å²) in [5.74, 6) is -2.09. The first-order chi connectivity index (χ1) is 12.7. The largest absolute Gasteiger partial charge is 0.490 e. The molecule has 1 atom stereocenters. The van der Waals surface area contributed by atoms with Crippen LogP contribution in [0.3, 0.4) is 0 Å². The van der Waals surface area contributed by atoms with Gasteiger partial charge in [-0.15, -0.1) is 11.3 Å². The van der Waals surface area contributed by atoms with Gasteiger partial charge in [0.25, 0.3) is 5.91 Å². The van der Waals surface area contributed by atoms with Gasteiger partial charge in [0, 0.05) is 19.6 Å². The van der Waals surface area contributed by atoms with Crippen molar-refractivity contribution in [3.05, 3.63) is 23.5 Å². The molecule has 1 saturated heterocycles. The number of halogens is 3. The van der Waals surface area contributed by atoms with E-state index in [-0.39, 0.29) is 5.91 Å². The molecule has 3 rings (SSSR count). The molecule has 1 aliphatic rings. The highest BCUT2D eigenvalue weighted by Gasteiger charge is 2.38. The number of fused-ring (bicyclic) bond motifs is 1. The smallest absolute Gasteiger partial charge is 0.475 e. The normalized spacial score (nSPS) is 17.4. The van der Waals surface area contributed by atoms with Crippen LogP contribution in [-0.4, -0.2) is 64.2 Å². The summed E-state index contributed by atoms with van der Waals surface area (Å²) in [6, 6.07) is 1.91. The molecule has 1 aliphatic heterocycles. The van der Waals surface area contributed by atoms with Crippen molar-refractivity contribution in [2.45, 2.75) is 19.5 Å². The highest BCUT2D eigenvalue weighted by atomic mass is 32.1. The number of likely N-dealkylation sites (tertiary alicyclic amines) is 1. The molecule has 0 radical (unpaired) electrons. The summed E-state index contributed by atoms with van der Waals surface area (Å²) in [5.41, 5.74) is 1.32. The number of alkyl halides is 3. The topological polar surface area (TPSA) is 95.4 Å². The molecule has 2 aromatic rings. The maximum Gasteiger partial charge on any atom is 0.490 e. The number of carbonyl (C=O) groups is 2. The first-order valence-electron chi connectivity index (χ1n) is 8.17. The van der Waals surface area contributed by atoms with Crippen LogP contribution in [0.5, 0.6) is 0 Å². The fourth-order valence-corrected chi connectivity index (χ4v) is 3.42. The Labute approximate surface area is 157 Å². The Hall–Kier alpha value is -2.27. The van der Waals surface area contributed by atoms with Crippen LogP contribution in [0.4, 0.5) is 13.2 Å². The summed E-state index contributed by atoms with van der Waals surface area (Å²) in [4.78, 5) is 31.7. The first-order valence-corrected chi connectivity index (χ1v) is 9.05. The Morgan fingerprint density at radius 1 is 1.41 bits per heavy atom. The number of rotatable bonds is 4. The molecule has 0 aliphatic carbocycles. The zero-order valence-corrected chi connectivity index (χ0v) is 15.3. The van der Waals surface area contributed by atoms with Crippen molar-refractivity contribution in [3.63, 3.8) is 0 Å². The number of carboxylic acid groups (broad SMARTS) is 1. The number of amides is 1. The van der Waals surface area contributed by atoms with E-state index in [0.717, 1.165) is 35.8 Å². The highest BCUT2D eigenvalue weighted by Crippen LogP contribution is 2.21. The average molecular weight is 404 g/mol. The van der Waals surface area contributed by atoms with Crippen LogP contribution in [0.1, 0.15) is 23.8 Å². The summed E-state index contributed by atoms with van der Waals surface area (Å²) in [7, 11) is 0. The third-order valence-electron chi connectivity index (χ3n) is 3.92. The molecular weight excluding hydrogens is 385 g/mol. The number of nitrogens with one attached hydrogen (secondary N) is 1. The molecule has 27 heavy (non-hydrogen) atoms. The minimum Gasteiger partial charge on any atom is -0.475 e. The Bertz CT molecular complexity index is 797. The Balaban J connectivity index is 0.000000321. The van der Waals surface area contributed by atoms with Crippen LogP contribution < -0.4 is 5.32 Å². The van der Waals surface area contributed by atoms with E-state index < -0.39 is 12.1 Å². The summed E-state index contributed by atoms with van der Waals surface area (Å²) >= 11 is 1.51. The number of hydrogen-bond donors (Lipinski definition) is 2. The molecule has 0 saturated carbocycles. The van der Waals surface area contributed by atoms with Crippen molar-refractivity contribution in [1.29, 1.82) is 0 Å². The van der Waals surface area contributed by atoms with Gasteiger partial charge in [-0.3, -0.25) is 4.79 Å². The lowest BCUT2D eigenvalue weighted by Crippen LogP contribution is -2.34. The van der Waals surface area contributed by atoms with Crippen molar-refractivity contribution in [1.82, 2.24) is 20.2 Å². The zero-order valence-electron chi connectivity index (χ0n) is 14.5. The predicted molar refractivity (Wildman–Crippen MR) is 93.7 cm³/mol. The summed E-state index contributed by atoms with van der Waals surface area (Å²) in [5, 5.41) is 12.0. The number of nitrogens with zero attached hydrogens (tertiary/aromatic N) is 3. The standard InChI is InChI=1S/C14H18N4OS.C2HF3O2/c1-10-2-5-18(8-10)6-4-15-14(19)12-13-11(3-7-20-13)16-9-17-12;3-2(4,5)1(6)7/h3,7,9-10H,2,4-6,8H2,1H3,(H,15,19);(H,6,7). The van der Waals surface area contributed by atoms with E-state index in [1.165, 1.54) is 24.1 Å². The van der Waals surface area contributed by atoms with Gasteiger partial charge in [0.05, 0.1) is 10.2 Å². The van der Waals surface area contributed by atoms with E-state index in [1.54, 1.807) is 0 Å². The van der Waals surface area contributed by atoms with Crippen LogP contribution in [-0.2, 0) is 4.79 Å². The van der Waals surface area contributed by atoms with Crippen molar-refractivity contribution >= 4 is 33.4 Å². The number of aliphatic carboxylic acids is 1. The van der Waals surface area contributed by atoms with E-state index in [2.05, 4.69) is 27.1 Å². The zero-order chi connectivity index (χ0) is 20.0. The molecule has 0 spiro atoms. The van der Waals surface area contributed by atoms with Gasteiger partial charge in [-0.05, 0) is 30.3 Å². The number of hydrogen-bond acceptors (Lipinski definition) is 6. The molecular formula is C16H19F3N4O3S. The maximum atomic E-state index is 12.2. The van der Waals surface area contributed by atoms with Gasteiger partial charge in [0.15, 0.2) is 0 Å². The van der Waals surface area contributed by atoms with Crippen molar-refractivity contribution in [2.75, 3.05) is 26.2 Å². The van der Waals surface area contributed by atoms with Crippen molar-refractivity contribution in [2.24, 2.45) is 5.92 Å². The summed E-state index contributed by atoms with van der Waals surface area (Å²) in [6.45, 7) is 6.13. The van der Waals surface area contributed by atoms with Crippen molar-refractivity contribution in [3.8, 4) is 0 Å². The van der Waals surface area contributed by atoms with Crippen LogP contribution in [0.2, 0.25) is 0 Å². The second kappa shape index (κ2) is 9.09. The lowest BCUT2D eigenvalue weighted by Gasteiger charge is -2.15. The summed E-state index contributed by atoms with van der Waals surface area (Å²) in [6.07, 6.45) is -2.37. The van der Waals surface area contributed by atoms with Crippen LogP contribution >= 0.6 is 11.3 Å². The van der Waals surface area contributed by atoms with Crippen LogP contribution in [0.25, 0.3) is 10.2 Å². The first kappa shape index (κ1) is 21.0. The van der Waals surface area contributed by atoms with Crippen molar-refractivity contribution < 1.29 is 27.9 Å². The number of aromatic nitrogens is 2. The van der Waals surface area contributed by atoms with Crippen LogP contribution in [0, 0.1) is 5.92 Å². The van der Waals surface area contributed by atoms with Gasteiger partial charge in [0.2, 0.25) is 0 Å². The quantitative estimate of drug-likeness (QED) is 0.813.